The van der Waals surface area contributed by atoms with Gasteiger partial charge in [0.1, 0.15) is 39.5 Å². The van der Waals surface area contributed by atoms with Gasteiger partial charge in [0, 0.05) is 30.5 Å². The summed E-state index contributed by atoms with van der Waals surface area (Å²) in [7, 11) is -4.35. The number of nitrogens with zero attached hydrogens (tertiary/aromatic N) is 3. The minimum atomic E-state index is -4.35. The van der Waals surface area contributed by atoms with Crippen LogP contribution in [0.5, 0.6) is 11.5 Å². The van der Waals surface area contributed by atoms with Gasteiger partial charge in [-0.2, -0.15) is 8.42 Å². The number of thiazole rings is 1. The summed E-state index contributed by atoms with van der Waals surface area (Å²) in [6.07, 6.45) is -1.71. The molecule has 19 nitrogen and oxygen atoms in total. The number of carbonyl (C=O) groups excluding carboxylic acids is 6. The van der Waals surface area contributed by atoms with Crippen LogP contribution in [0.2, 0.25) is 0 Å². The molecule has 9 aromatic carbocycles. The van der Waals surface area contributed by atoms with Crippen LogP contribution < -0.4 is 20.1 Å². The van der Waals surface area contributed by atoms with E-state index >= 15 is 19.2 Å². The normalized spacial score (nSPS) is 14.9. The molecule has 0 saturated carbocycles. The molecular formula is C78H63N5O14S3. The minimum Gasteiger partial charge on any atom is -0.449 e. The van der Waals surface area contributed by atoms with Crippen LogP contribution in [0.4, 0.5) is 5.13 Å². The highest BCUT2D eigenvalue weighted by Crippen LogP contribution is 2.44. The van der Waals surface area contributed by atoms with Crippen molar-refractivity contribution < 1.29 is 65.2 Å². The van der Waals surface area contributed by atoms with E-state index in [-0.39, 0.29) is 49.8 Å². The number of rotatable bonds is 25. The van der Waals surface area contributed by atoms with Crippen molar-refractivity contribution in [1.29, 1.82) is 0 Å². The summed E-state index contributed by atoms with van der Waals surface area (Å²) in [4.78, 5) is 98.6. The van der Waals surface area contributed by atoms with E-state index in [1.165, 1.54) is 41.3 Å². The lowest BCUT2D eigenvalue weighted by Crippen LogP contribution is -2.71. The van der Waals surface area contributed by atoms with Crippen LogP contribution in [0.1, 0.15) is 87.9 Å². The smallest absolute Gasteiger partial charge is 0.356 e. The fraction of sp³-hybridized carbons (Fsp3) is 0.128. The molecule has 3 heterocycles. The number of oxime groups is 1. The molecule has 2 aliphatic rings. The number of hydrogen-bond acceptors (Lipinski definition) is 19. The maximum absolute atomic E-state index is 15.7. The Morgan fingerprint density at radius 3 is 1.59 bits per heavy atom. The zero-order valence-corrected chi connectivity index (χ0v) is 56.3. The van der Waals surface area contributed by atoms with Gasteiger partial charge < -0.3 is 38.6 Å². The highest BCUT2D eigenvalue weighted by Gasteiger charge is 2.55. The number of aromatic nitrogens is 1. The Morgan fingerprint density at radius 1 is 0.610 bits per heavy atom. The highest BCUT2D eigenvalue weighted by atomic mass is 32.2. The van der Waals surface area contributed by atoms with Gasteiger partial charge in [0.15, 0.2) is 34.6 Å². The second-order valence-electron chi connectivity index (χ2n) is 23.0. The standard InChI is InChI=1S/C78H63N5O14S3/c1-50-39-42-62(43-40-50)100(90,91)92-46-45-58-48-98-74-67(73(87)83(74)68(58)75(88)95-69(53-25-11-4-12-26-53)54-27-13-5-14-28-54)80-72(86)66(63-49-99-77(79-63)81-78(59-33-19-8-20-34-59,60-35-21-9-22-36-60)61-37-23-10-24-38-61)82-97-71(57-41-44-64(93-51(2)84)65(47-57)94-52(3)85)76(89)96-70(55-29-15-6-16-30-55)56-31-17-7-18-32-56/h4-47,49,67,69-71,74H,48H2,1-3H3,(H,79,81)(H,80,86)/b46-45+,82-66-/t67-,71+,74-/m0/s1. The lowest BCUT2D eigenvalue weighted by atomic mass is 9.77. The van der Waals surface area contributed by atoms with Gasteiger partial charge in [-0.1, -0.05) is 241 Å². The van der Waals surface area contributed by atoms with E-state index in [2.05, 4.69) is 15.8 Å². The van der Waals surface area contributed by atoms with Crippen LogP contribution in [0, 0.1) is 6.92 Å². The van der Waals surface area contributed by atoms with E-state index in [0.717, 1.165) is 65.5 Å². The van der Waals surface area contributed by atoms with E-state index in [1.54, 1.807) is 115 Å². The van der Waals surface area contributed by atoms with Crippen molar-refractivity contribution in [3.63, 3.8) is 0 Å². The average Bonchev–Trinajstić information content (AvgIpc) is 0.805. The van der Waals surface area contributed by atoms with Crippen LogP contribution in [0.15, 0.2) is 294 Å². The van der Waals surface area contributed by atoms with Gasteiger partial charge in [-0.15, -0.1) is 23.1 Å². The van der Waals surface area contributed by atoms with Gasteiger partial charge in [0.05, 0.1) is 0 Å². The molecule has 1 saturated heterocycles. The number of nitrogens with one attached hydrogen (secondary N) is 2. The number of β-lactam (4-membered cyclic amide) rings is 1. The van der Waals surface area contributed by atoms with Crippen LogP contribution in [-0.4, -0.2) is 76.9 Å². The van der Waals surface area contributed by atoms with Crippen LogP contribution in [-0.2, 0) is 62.9 Å². The largest absolute Gasteiger partial charge is 0.449 e. The first kappa shape index (κ1) is 68.2. The molecule has 3 atom stereocenters. The molecular weight excluding hydrogens is 1330 g/mol. The number of amides is 2. The molecule has 0 aliphatic carbocycles. The molecule has 2 N–H and O–H groups in total. The van der Waals surface area contributed by atoms with Crippen molar-refractivity contribution >= 4 is 79.8 Å². The molecule has 2 amide bonds. The number of anilines is 1. The summed E-state index contributed by atoms with van der Waals surface area (Å²) in [5.74, 6) is -5.81. The SMILES string of the molecule is CC(=O)Oc1ccc([C@@H](O/N=C(\C(=O)N[C@H]2C(=O)N3C(C(=O)OC(c4ccccc4)c4ccccc4)=C(/C=C/OS(=O)(=O)c4ccc(C)cc4)CS[C@@H]23)c2csc(NC(c3ccccc3)(c3ccccc3)c3ccccc3)n2)C(=O)OC(c2ccccc2)c2ccccc2)cc1OC(C)=O. The molecule has 1 fully saturated rings. The summed E-state index contributed by atoms with van der Waals surface area (Å²) < 4.78 is 55.9. The first-order chi connectivity index (χ1) is 48.5. The quantitative estimate of drug-likeness (QED) is 0.00789. The summed E-state index contributed by atoms with van der Waals surface area (Å²) in [5, 5.41) is 11.9. The number of hydrogen-bond donors (Lipinski definition) is 2. The first-order valence-corrected chi connectivity index (χ1v) is 34.8. The van der Waals surface area contributed by atoms with Crippen molar-refractivity contribution in [3.8, 4) is 11.5 Å². The van der Waals surface area contributed by atoms with Gasteiger partial charge in [0.25, 0.3) is 11.8 Å². The topological polar surface area (TPSA) is 244 Å². The van der Waals surface area contributed by atoms with Crippen molar-refractivity contribution in [2.24, 2.45) is 5.16 Å². The van der Waals surface area contributed by atoms with Crippen LogP contribution >= 0.6 is 23.1 Å². The molecule has 0 radical (unpaired) electrons. The van der Waals surface area contributed by atoms with Gasteiger partial charge in [-0.3, -0.25) is 24.1 Å². The molecule has 0 spiro atoms. The summed E-state index contributed by atoms with van der Waals surface area (Å²) in [5.41, 5.74) is 3.84. The third-order valence-electron chi connectivity index (χ3n) is 16.2. The molecule has 2 aliphatic heterocycles. The summed E-state index contributed by atoms with van der Waals surface area (Å²) in [6, 6.07) is 73.6. The third kappa shape index (κ3) is 15.3. The van der Waals surface area contributed by atoms with Gasteiger partial charge in [-0.05, 0) is 81.8 Å². The fourth-order valence-electron chi connectivity index (χ4n) is 11.5. The second kappa shape index (κ2) is 30.8. The van der Waals surface area contributed by atoms with Gasteiger partial charge in [0.2, 0.25) is 6.10 Å². The van der Waals surface area contributed by atoms with Crippen molar-refractivity contribution in [2.45, 2.75) is 60.9 Å². The lowest BCUT2D eigenvalue weighted by molar-refractivity contribution is -0.162. The second-order valence-corrected chi connectivity index (χ2v) is 26.5. The number of esters is 4. The number of benzene rings is 9. The number of thioether (sulfide) groups is 1. The number of aryl methyl sites for hydroxylation is 1. The van der Waals surface area contributed by atoms with E-state index < -0.39 is 86.8 Å². The van der Waals surface area contributed by atoms with E-state index in [0.29, 0.717) is 22.3 Å². The maximum Gasteiger partial charge on any atom is 0.356 e. The first-order valence-electron chi connectivity index (χ1n) is 31.5. The molecule has 502 valence electrons. The molecule has 0 unspecified atom stereocenters. The summed E-state index contributed by atoms with van der Waals surface area (Å²) in [6.45, 7) is 4.10. The minimum absolute atomic E-state index is 0.0312. The number of ether oxygens (including phenoxy) is 4. The van der Waals surface area contributed by atoms with Crippen molar-refractivity contribution in [1.82, 2.24) is 15.2 Å². The van der Waals surface area contributed by atoms with E-state index in [1.807, 2.05) is 122 Å². The zero-order valence-electron chi connectivity index (χ0n) is 53.9. The Bertz CT molecular complexity index is 4640. The van der Waals surface area contributed by atoms with E-state index in [4.69, 9.17) is 33.0 Å². The van der Waals surface area contributed by atoms with Gasteiger partial charge >= 0.3 is 34.0 Å². The molecule has 22 heteroatoms. The Labute approximate surface area is 584 Å². The molecule has 10 aromatic rings. The predicted octanol–water partition coefficient (Wildman–Crippen LogP) is 13.4. The zero-order chi connectivity index (χ0) is 69.8. The Balaban J connectivity index is 0.946. The molecule has 100 heavy (non-hydrogen) atoms. The molecule has 0 bridgehead atoms. The van der Waals surface area contributed by atoms with Crippen LogP contribution in [0.25, 0.3) is 0 Å². The fourth-order valence-corrected chi connectivity index (χ4v) is 14.4. The van der Waals surface area contributed by atoms with Gasteiger partial charge in [-0.25, -0.2) is 14.6 Å². The Hall–Kier alpha value is -11.7. The lowest BCUT2D eigenvalue weighted by Gasteiger charge is -2.49. The third-order valence-corrected chi connectivity index (χ3v) is 19.5. The molecule has 1 aromatic heterocycles. The van der Waals surface area contributed by atoms with E-state index in [9.17, 15) is 18.0 Å². The monoisotopic (exact) mass is 1390 g/mol. The maximum atomic E-state index is 15.7. The summed E-state index contributed by atoms with van der Waals surface area (Å²) >= 11 is 2.27. The Morgan fingerprint density at radius 2 is 1.09 bits per heavy atom. The average molecular weight is 1390 g/mol. The molecule has 12 rings (SSSR count). The van der Waals surface area contributed by atoms with Crippen molar-refractivity contribution in [2.75, 3.05) is 11.1 Å². The highest BCUT2D eigenvalue weighted by molar-refractivity contribution is 8.00. The number of carbonyl (C=O) groups is 6. The number of allylic oxidation sites excluding steroid dienone is 1. The Kier molecular flexibility index (Phi) is 21.0. The van der Waals surface area contributed by atoms with Crippen LogP contribution in [0.3, 0.4) is 0 Å². The van der Waals surface area contributed by atoms with Crippen molar-refractivity contribution in [3.05, 3.63) is 340 Å². The number of fused-ring (bicyclic) bond motifs is 1. The predicted molar refractivity (Wildman–Crippen MR) is 377 cm³/mol.